The highest BCUT2D eigenvalue weighted by Gasteiger charge is 2.12. The second-order valence-electron chi connectivity index (χ2n) is 6.14. The van der Waals surface area contributed by atoms with Gasteiger partial charge in [0.1, 0.15) is 11.5 Å². The normalized spacial score (nSPS) is 10.7. The maximum atomic E-state index is 12.0. The molecule has 1 aromatic carbocycles. The second kappa shape index (κ2) is 7.82. The number of Topliss-reactive ketones (excluding diaryl/α,β-unsaturated/α-hetero) is 1. The van der Waals surface area contributed by atoms with E-state index in [0.717, 1.165) is 11.3 Å². The minimum atomic E-state index is -0.0733. The second-order valence-corrected chi connectivity index (χ2v) is 6.14. The summed E-state index contributed by atoms with van der Waals surface area (Å²) < 4.78 is 7.30. The Kier molecular flexibility index (Phi) is 5.31. The molecule has 134 valence electrons. The number of hydrogen-bond acceptors (Lipinski definition) is 4. The zero-order valence-corrected chi connectivity index (χ0v) is 14.9. The number of carbonyl (C=O) groups is 2. The molecule has 0 unspecified atom stereocenters. The number of benzene rings is 1. The van der Waals surface area contributed by atoms with Crippen molar-refractivity contribution in [3.8, 4) is 5.69 Å². The van der Waals surface area contributed by atoms with Gasteiger partial charge >= 0.3 is 0 Å². The Labute approximate surface area is 151 Å². The van der Waals surface area contributed by atoms with Crippen LogP contribution in [-0.4, -0.2) is 21.5 Å². The molecule has 2 aromatic heterocycles. The number of aryl methyl sites for hydroxylation is 2. The zero-order valence-electron chi connectivity index (χ0n) is 14.9. The smallest absolute Gasteiger partial charge is 0.220 e. The van der Waals surface area contributed by atoms with Crippen molar-refractivity contribution in [2.75, 3.05) is 0 Å². The van der Waals surface area contributed by atoms with Crippen LogP contribution in [0.4, 0.5) is 0 Å². The molecule has 0 radical (unpaired) electrons. The van der Waals surface area contributed by atoms with Gasteiger partial charge in [0.2, 0.25) is 5.91 Å². The lowest BCUT2D eigenvalue weighted by Gasteiger charge is -2.03. The summed E-state index contributed by atoms with van der Waals surface area (Å²) >= 11 is 0. The third-order valence-corrected chi connectivity index (χ3v) is 4.09. The van der Waals surface area contributed by atoms with Crippen LogP contribution in [0.25, 0.3) is 5.69 Å². The number of rotatable bonds is 7. The van der Waals surface area contributed by atoms with E-state index in [4.69, 9.17) is 4.42 Å². The Morgan fingerprint density at radius 3 is 2.69 bits per heavy atom. The number of nitrogens with one attached hydrogen (secondary N) is 1. The number of ketones is 1. The predicted octanol–water partition coefficient (Wildman–Crippen LogP) is 3.23. The van der Waals surface area contributed by atoms with Gasteiger partial charge in [0.05, 0.1) is 17.4 Å². The molecule has 0 saturated heterocycles. The predicted molar refractivity (Wildman–Crippen MR) is 97.2 cm³/mol. The topological polar surface area (TPSA) is 77.1 Å². The summed E-state index contributed by atoms with van der Waals surface area (Å²) in [6.45, 7) is 3.68. The van der Waals surface area contributed by atoms with Crippen molar-refractivity contribution in [3.05, 3.63) is 71.4 Å². The third kappa shape index (κ3) is 4.27. The van der Waals surface area contributed by atoms with Crippen LogP contribution in [0.3, 0.4) is 0 Å². The molecule has 26 heavy (non-hydrogen) atoms. The van der Waals surface area contributed by atoms with Crippen molar-refractivity contribution in [3.63, 3.8) is 0 Å². The van der Waals surface area contributed by atoms with E-state index in [0.29, 0.717) is 36.5 Å². The molecule has 0 aliphatic heterocycles. The van der Waals surface area contributed by atoms with Crippen molar-refractivity contribution in [2.24, 2.45) is 0 Å². The lowest BCUT2D eigenvalue weighted by atomic mass is 10.1. The first-order valence-electron chi connectivity index (χ1n) is 8.49. The SMILES string of the molecule is CC(=O)c1cc(CCC(=O)NCc2cnn(-c3ccccc3)c2)oc1C. The van der Waals surface area contributed by atoms with E-state index < -0.39 is 0 Å². The van der Waals surface area contributed by atoms with Crippen molar-refractivity contribution in [1.29, 1.82) is 0 Å². The molecule has 0 fully saturated rings. The molecule has 0 aliphatic rings. The minimum absolute atomic E-state index is 0.0302. The number of furan rings is 1. The third-order valence-electron chi connectivity index (χ3n) is 4.09. The van der Waals surface area contributed by atoms with Gasteiger partial charge in [0, 0.05) is 31.1 Å². The summed E-state index contributed by atoms with van der Waals surface area (Å²) in [5.41, 5.74) is 2.48. The van der Waals surface area contributed by atoms with Gasteiger partial charge in [-0.05, 0) is 32.0 Å². The molecule has 3 rings (SSSR count). The highest BCUT2D eigenvalue weighted by atomic mass is 16.3. The molecule has 0 bridgehead atoms. The van der Waals surface area contributed by atoms with Crippen LogP contribution in [-0.2, 0) is 17.8 Å². The van der Waals surface area contributed by atoms with E-state index in [1.807, 2.05) is 36.5 Å². The summed E-state index contributed by atoms with van der Waals surface area (Å²) in [7, 11) is 0. The van der Waals surface area contributed by atoms with E-state index >= 15 is 0 Å². The van der Waals surface area contributed by atoms with Gasteiger partial charge in [0.15, 0.2) is 5.78 Å². The number of amides is 1. The highest BCUT2D eigenvalue weighted by molar-refractivity contribution is 5.95. The highest BCUT2D eigenvalue weighted by Crippen LogP contribution is 2.16. The van der Waals surface area contributed by atoms with Crippen LogP contribution < -0.4 is 5.32 Å². The molecule has 3 aromatic rings. The lowest BCUT2D eigenvalue weighted by molar-refractivity contribution is -0.121. The maximum Gasteiger partial charge on any atom is 0.220 e. The molecule has 0 spiro atoms. The van der Waals surface area contributed by atoms with E-state index in [2.05, 4.69) is 10.4 Å². The summed E-state index contributed by atoms with van der Waals surface area (Å²) in [6, 6.07) is 11.5. The largest absolute Gasteiger partial charge is 0.466 e. The Morgan fingerprint density at radius 1 is 1.23 bits per heavy atom. The first kappa shape index (κ1) is 17.7. The fourth-order valence-corrected chi connectivity index (χ4v) is 2.72. The number of carbonyl (C=O) groups excluding carboxylic acids is 2. The fourth-order valence-electron chi connectivity index (χ4n) is 2.72. The monoisotopic (exact) mass is 351 g/mol. The van der Waals surface area contributed by atoms with Crippen molar-refractivity contribution < 1.29 is 14.0 Å². The minimum Gasteiger partial charge on any atom is -0.466 e. The molecule has 6 heteroatoms. The molecule has 6 nitrogen and oxygen atoms in total. The molecule has 0 saturated carbocycles. The summed E-state index contributed by atoms with van der Waals surface area (Å²) in [5, 5.41) is 7.18. The van der Waals surface area contributed by atoms with E-state index in [9.17, 15) is 9.59 Å². The Bertz CT molecular complexity index is 910. The van der Waals surface area contributed by atoms with Gasteiger partial charge in [-0.15, -0.1) is 0 Å². The summed E-state index contributed by atoms with van der Waals surface area (Å²) in [4.78, 5) is 23.5. The van der Waals surface area contributed by atoms with Crippen LogP contribution >= 0.6 is 0 Å². The molecule has 1 amide bonds. The van der Waals surface area contributed by atoms with E-state index in [1.165, 1.54) is 6.92 Å². The van der Waals surface area contributed by atoms with Gasteiger partial charge in [-0.2, -0.15) is 5.10 Å². The van der Waals surface area contributed by atoms with E-state index in [1.54, 1.807) is 23.9 Å². The Balaban J connectivity index is 1.49. The van der Waals surface area contributed by atoms with Crippen molar-refractivity contribution in [2.45, 2.75) is 33.2 Å². The number of nitrogens with zero attached hydrogens (tertiary/aromatic N) is 2. The molecule has 2 heterocycles. The average molecular weight is 351 g/mol. The number of para-hydroxylation sites is 1. The standard InChI is InChI=1S/C20H21N3O3/c1-14(24)19-10-18(26-15(19)2)8-9-20(25)21-11-16-12-22-23(13-16)17-6-4-3-5-7-17/h3-7,10,12-13H,8-9,11H2,1-2H3,(H,21,25). The zero-order chi connectivity index (χ0) is 18.5. The molecule has 1 N–H and O–H groups in total. The van der Waals surface area contributed by atoms with Crippen molar-refractivity contribution in [1.82, 2.24) is 15.1 Å². The maximum absolute atomic E-state index is 12.0. The number of aromatic nitrogens is 2. The van der Waals surface area contributed by atoms with Gasteiger partial charge in [-0.3, -0.25) is 9.59 Å². The van der Waals surface area contributed by atoms with Crippen LogP contribution in [0.5, 0.6) is 0 Å². The molecular formula is C20H21N3O3. The molecule has 0 atom stereocenters. The van der Waals surface area contributed by atoms with Gasteiger partial charge in [0.25, 0.3) is 0 Å². The van der Waals surface area contributed by atoms with Gasteiger partial charge in [-0.1, -0.05) is 18.2 Å². The molecular weight excluding hydrogens is 330 g/mol. The Morgan fingerprint density at radius 2 is 2.00 bits per heavy atom. The summed E-state index contributed by atoms with van der Waals surface area (Å²) in [6.07, 6.45) is 4.40. The number of hydrogen-bond donors (Lipinski definition) is 1. The fraction of sp³-hybridized carbons (Fsp3) is 0.250. The van der Waals surface area contributed by atoms with Gasteiger partial charge < -0.3 is 9.73 Å². The first-order chi connectivity index (χ1) is 12.5. The lowest BCUT2D eigenvalue weighted by Crippen LogP contribution is -2.22. The first-order valence-corrected chi connectivity index (χ1v) is 8.49. The van der Waals surface area contributed by atoms with Crippen LogP contribution in [0.1, 0.15) is 40.8 Å². The van der Waals surface area contributed by atoms with Gasteiger partial charge in [-0.25, -0.2) is 4.68 Å². The van der Waals surface area contributed by atoms with Crippen LogP contribution in [0.15, 0.2) is 53.2 Å². The quantitative estimate of drug-likeness (QED) is 0.663. The average Bonchev–Trinajstić information content (AvgIpc) is 3.25. The Hall–Kier alpha value is -3.15. The van der Waals surface area contributed by atoms with E-state index in [-0.39, 0.29) is 11.7 Å². The van der Waals surface area contributed by atoms with Crippen molar-refractivity contribution >= 4 is 11.7 Å². The molecule has 0 aliphatic carbocycles. The van der Waals surface area contributed by atoms with Crippen LogP contribution in [0.2, 0.25) is 0 Å². The summed E-state index contributed by atoms with van der Waals surface area (Å²) in [5.74, 6) is 1.15. The van der Waals surface area contributed by atoms with Crippen LogP contribution in [0, 0.1) is 6.92 Å².